The molecule has 4 rings (SSSR count). The van der Waals surface area contributed by atoms with Gasteiger partial charge in [-0.1, -0.05) is 29.8 Å². The number of amides is 2. The lowest BCUT2D eigenvalue weighted by Gasteiger charge is -2.23. The number of methoxy groups -OCH3 is 1. The molecule has 1 aliphatic rings. The predicted octanol–water partition coefficient (Wildman–Crippen LogP) is 5.57. The smallest absolute Gasteiger partial charge is 0.490 e. The molecule has 0 aliphatic heterocycles. The number of halogens is 4. The summed E-state index contributed by atoms with van der Waals surface area (Å²) in [7, 11) is 1.64. The number of carbonyl (C=O) groups excluding carboxylic acids is 1. The third-order valence-corrected chi connectivity index (χ3v) is 5.33. The lowest BCUT2D eigenvalue weighted by Crippen LogP contribution is -2.36. The molecule has 0 saturated heterocycles. The van der Waals surface area contributed by atoms with Crippen LogP contribution in [-0.2, 0) is 11.3 Å². The lowest BCUT2D eigenvalue weighted by molar-refractivity contribution is -0.192. The molecule has 2 amide bonds. The summed E-state index contributed by atoms with van der Waals surface area (Å²) < 4.78 is 37.0. The van der Waals surface area contributed by atoms with Gasteiger partial charge in [0.05, 0.1) is 24.0 Å². The Morgan fingerprint density at radius 2 is 1.94 bits per heavy atom. The standard InChI is InChI=1S/C21H21ClN4O2.C2HF3O2/c1-28-18-4-2-3-14(9-18)13-26(17-6-7-17)21(27)25-20-8-5-15(10-19(20)22)16-11-23-24-12-16;3-2(4,5)1(6)7/h2-5,8-12,17H,6-7,13H2,1H3,(H,23,24)(H,25,27);(H,6,7). The third-order valence-electron chi connectivity index (χ3n) is 5.02. The highest BCUT2D eigenvalue weighted by molar-refractivity contribution is 6.34. The molecule has 0 bridgehead atoms. The molecule has 186 valence electrons. The van der Waals surface area contributed by atoms with Gasteiger partial charge in [-0.15, -0.1) is 0 Å². The van der Waals surface area contributed by atoms with Crippen molar-refractivity contribution in [3.8, 4) is 16.9 Å². The number of aromatic nitrogens is 2. The van der Waals surface area contributed by atoms with Gasteiger partial charge < -0.3 is 20.1 Å². The van der Waals surface area contributed by atoms with Crippen LogP contribution >= 0.6 is 11.6 Å². The van der Waals surface area contributed by atoms with Crippen LogP contribution in [0.15, 0.2) is 54.9 Å². The number of urea groups is 1. The number of hydrogen-bond acceptors (Lipinski definition) is 4. The molecule has 1 aromatic heterocycles. The molecule has 8 nitrogen and oxygen atoms in total. The van der Waals surface area contributed by atoms with Crippen molar-refractivity contribution in [2.75, 3.05) is 12.4 Å². The minimum atomic E-state index is -5.08. The van der Waals surface area contributed by atoms with Crippen molar-refractivity contribution in [3.63, 3.8) is 0 Å². The molecule has 1 heterocycles. The maximum atomic E-state index is 12.9. The number of nitrogens with one attached hydrogen (secondary N) is 2. The SMILES string of the molecule is COc1cccc(CN(C(=O)Nc2ccc(-c3cn[nH]c3)cc2Cl)C2CC2)c1.O=C(O)C(F)(F)F. The lowest BCUT2D eigenvalue weighted by atomic mass is 10.1. The zero-order valence-corrected chi connectivity index (χ0v) is 19.2. The van der Waals surface area contributed by atoms with E-state index in [-0.39, 0.29) is 12.1 Å². The Morgan fingerprint density at radius 3 is 2.49 bits per heavy atom. The molecule has 12 heteroatoms. The van der Waals surface area contributed by atoms with Crippen LogP contribution in [0.25, 0.3) is 11.1 Å². The first-order valence-electron chi connectivity index (χ1n) is 10.4. The van der Waals surface area contributed by atoms with Gasteiger partial charge in [0, 0.05) is 24.3 Å². The molecule has 0 spiro atoms. The van der Waals surface area contributed by atoms with Crippen LogP contribution in [0.1, 0.15) is 18.4 Å². The molecule has 35 heavy (non-hydrogen) atoms. The van der Waals surface area contributed by atoms with Gasteiger partial charge in [0.25, 0.3) is 0 Å². The fourth-order valence-electron chi connectivity index (χ4n) is 3.11. The first-order chi connectivity index (χ1) is 16.6. The number of aliphatic carboxylic acids is 1. The van der Waals surface area contributed by atoms with Gasteiger partial charge in [0.15, 0.2) is 0 Å². The fraction of sp³-hybridized carbons (Fsp3) is 0.261. The van der Waals surface area contributed by atoms with E-state index in [1.165, 1.54) is 0 Å². The van der Waals surface area contributed by atoms with Gasteiger partial charge in [-0.05, 0) is 48.2 Å². The van der Waals surface area contributed by atoms with E-state index in [2.05, 4.69) is 15.5 Å². The number of benzene rings is 2. The number of alkyl halides is 3. The zero-order valence-electron chi connectivity index (χ0n) is 18.5. The summed E-state index contributed by atoms with van der Waals surface area (Å²) in [4.78, 5) is 23.7. The number of carbonyl (C=O) groups is 2. The van der Waals surface area contributed by atoms with Crippen molar-refractivity contribution in [1.82, 2.24) is 15.1 Å². The summed E-state index contributed by atoms with van der Waals surface area (Å²) in [6.45, 7) is 0.526. The maximum Gasteiger partial charge on any atom is 0.490 e. The van der Waals surface area contributed by atoms with E-state index in [4.69, 9.17) is 26.2 Å². The summed E-state index contributed by atoms with van der Waals surface area (Å²) in [6.07, 6.45) is 0.481. The molecule has 3 N–H and O–H groups in total. The Balaban J connectivity index is 0.000000429. The summed E-state index contributed by atoms with van der Waals surface area (Å²) in [5, 5.41) is 17.3. The Labute approximate surface area is 203 Å². The van der Waals surface area contributed by atoms with E-state index < -0.39 is 12.1 Å². The van der Waals surface area contributed by atoms with E-state index in [1.807, 2.05) is 47.4 Å². The van der Waals surface area contributed by atoms with Crippen molar-refractivity contribution in [2.45, 2.75) is 31.6 Å². The topological polar surface area (TPSA) is 108 Å². The molecule has 3 aromatic rings. The molecule has 1 aliphatic carbocycles. The van der Waals surface area contributed by atoms with Crippen LogP contribution in [0.3, 0.4) is 0 Å². The summed E-state index contributed by atoms with van der Waals surface area (Å²) >= 11 is 6.41. The quantitative estimate of drug-likeness (QED) is 0.402. The van der Waals surface area contributed by atoms with E-state index >= 15 is 0 Å². The first kappa shape index (κ1) is 25.9. The molecule has 1 saturated carbocycles. The number of anilines is 1. The average molecular weight is 511 g/mol. The number of nitrogens with zero attached hydrogens (tertiary/aromatic N) is 2. The minimum absolute atomic E-state index is 0.150. The van der Waals surface area contributed by atoms with E-state index in [9.17, 15) is 18.0 Å². The molecular weight excluding hydrogens is 489 g/mol. The highest BCUT2D eigenvalue weighted by Crippen LogP contribution is 2.32. The Bertz CT molecular complexity index is 1170. The normalized spacial score (nSPS) is 12.8. The number of ether oxygens (including phenoxy) is 1. The monoisotopic (exact) mass is 510 g/mol. The van der Waals surface area contributed by atoms with Gasteiger partial charge in [0.2, 0.25) is 0 Å². The van der Waals surface area contributed by atoms with Crippen LogP contribution in [0.2, 0.25) is 5.02 Å². The summed E-state index contributed by atoms with van der Waals surface area (Å²) in [6, 6.07) is 13.4. The first-order valence-corrected chi connectivity index (χ1v) is 10.8. The van der Waals surface area contributed by atoms with Gasteiger partial charge in [-0.25, -0.2) is 9.59 Å². The maximum absolute atomic E-state index is 12.9. The van der Waals surface area contributed by atoms with Crippen molar-refractivity contribution >= 4 is 29.3 Å². The van der Waals surface area contributed by atoms with Gasteiger partial charge >= 0.3 is 18.2 Å². The Morgan fingerprint density at radius 1 is 1.23 bits per heavy atom. The van der Waals surface area contributed by atoms with Crippen LogP contribution in [0.5, 0.6) is 5.75 Å². The third kappa shape index (κ3) is 7.38. The molecule has 2 aromatic carbocycles. The molecule has 0 radical (unpaired) electrons. The summed E-state index contributed by atoms with van der Waals surface area (Å²) in [5.41, 5.74) is 3.50. The molecule has 1 fully saturated rings. The predicted molar refractivity (Wildman–Crippen MR) is 123 cm³/mol. The highest BCUT2D eigenvalue weighted by atomic mass is 35.5. The van der Waals surface area contributed by atoms with Gasteiger partial charge in [-0.2, -0.15) is 18.3 Å². The van der Waals surface area contributed by atoms with Gasteiger partial charge in [-0.3, -0.25) is 5.10 Å². The number of aromatic amines is 1. The Kier molecular flexibility index (Phi) is 8.23. The van der Waals surface area contributed by atoms with Crippen LogP contribution in [0.4, 0.5) is 23.7 Å². The van der Waals surface area contributed by atoms with E-state index in [0.717, 1.165) is 35.3 Å². The molecular formula is C23H22ClF3N4O4. The van der Waals surface area contributed by atoms with Crippen LogP contribution < -0.4 is 10.1 Å². The second kappa shape index (κ2) is 11.1. The molecule has 0 atom stereocenters. The number of carboxylic acids is 1. The highest BCUT2D eigenvalue weighted by Gasteiger charge is 2.38. The van der Waals surface area contributed by atoms with Gasteiger partial charge in [0.1, 0.15) is 5.75 Å². The van der Waals surface area contributed by atoms with Crippen LogP contribution in [0, 0.1) is 0 Å². The van der Waals surface area contributed by atoms with Crippen molar-refractivity contribution in [1.29, 1.82) is 0 Å². The van der Waals surface area contributed by atoms with Crippen molar-refractivity contribution in [2.24, 2.45) is 0 Å². The van der Waals surface area contributed by atoms with E-state index in [0.29, 0.717) is 17.3 Å². The van der Waals surface area contributed by atoms with Crippen molar-refractivity contribution < 1.29 is 32.6 Å². The second-order valence-corrected chi connectivity index (χ2v) is 8.03. The van der Waals surface area contributed by atoms with Crippen LogP contribution in [-0.4, -0.2) is 51.5 Å². The number of hydrogen-bond donors (Lipinski definition) is 3. The average Bonchev–Trinajstić information content (AvgIpc) is 3.51. The minimum Gasteiger partial charge on any atom is -0.497 e. The van der Waals surface area contributed by atoms with Crippen molar-refractivity contribution in [3.05, 3.63) is 65.4 Å². The van der Waals surface area contributed by atoms with E-state index in [1.54, 1.807) is 19.5 Å². The Hall–Kier alpha value is -3.73. The number of carboxylic acid groups (broad SMARTS) is 1. The summed E-state index contributed by atoms with van der Waals surface area (Å²) in [5.74, 6) is -1.97. The fourth-order valence-corrected chi connectivity index (χ4v) is 3.34. The number of H-pyrrole nitrogens is 1. The molecule has 0 unspecified atom stereocenters. The number of rotatable bonds is 6. The zero-order chi connectivity index (χ0) is 25.6. The second-order valence-electron chi connectivity index (χ2n) is 7.63. The largest absolute Gasteiger partial charge is 0.497 e.